The molecule has 4 rings (SSSR count). The van der Waals surface area contributed by atoms with Gasteiger partial charge in [-0.15, -0.1) is 0 Å². The minimum Gasteiger partial charge on any atom is -0.490 e. The van der Waals surface area contributed by atoms with E-state index in [-0.39, 0.29) is 37.9 Å². The number of ether oxygens (including phenoxy) is 4. The molecule has 42 heavy (non-hydrogen) atoms. The van der Waals surface area contributed by atoms with E-state index in [1.165, 1.54) is 24.7 Å². The summed E-state index contributed by atoms with van der Waals surface area (Å²) < 4.78 is 31.8. The number of aliphatic hydroxyl groups excluding tert-OH is 2. The summed E-state index contributed by atoms with van der Waals surface area (Å²) in [6.07, 6.45) is 0.717. The van der Waals surface area contributed by atoms with Gasteiger partial charge in [-0.05, 0) is 110 Å². The van der Waals surface area contributed by atoms with Crippen molar-refractivity contribution in [3.63, 3.8) is 0 Å². The number of benzene rings is 2. The summed E-state index contributed by atoms with van der Waals surface area (Å²) in [7, 11) is 0. The molecular formula is C32H34O10. The molecule has 4 aromatic rings. The van der Waals surface area contributed by atoms with Crippen LogP contribution in [0, 0.1) is 27.7 Å². The van der Waals surface area contributed by atoms with E-state index in [1.807, 2.05) is 52.0 Å². The van der Waals surface area contributed by atoms with Gasteiger partial charge in [0.25, 0.3) is 0 Å². The first-order chi connectivity index (χ1) is 20.1. The first kappa shape index (κ1) is 30.4. The second kappa shape index (κ2) is 13.9. The molecule has 0 radical (unpaired) electrons. The van der Waals surface area contributed by atoms with Gasteiger partial charge >= 0.3 is 11.9 Å². The van der Waals surface area contributed by atoms with Gasteiger partial charge in [0.05, 0.1) is 12.5 Å². The van der Waals surface area contributed by atoms with Gasteiger partial charge in [0.15, 0.2) is 0 Å². The van der Waals surface area contributed by atoms with Crippen molar-refractivity contribution in [1.29, 1.82) is 0 Å². The lowest BCUT2D eigenvalue weighted by molar-refractivity contribution is 0.0102. The fourth-order valence-electron chi connectivity index (χ4n) is 4.42. The quantitative estimate of drug-likeness (QED) is 0.209. The maximum Gasteiger partial charge on any atom is 0.374 e. The molecule has 10 nitrogen and oxygen atoms in total. The largest absolute Gasteiger partial charge is 0.490 e. The Morgan fingerprint density at radius 1 is 0.643 bits per heavy atom. The van der Waals surface area contributed by atoms with Crippen molar-refractivity contribution in [3.8, 4) is 22.6 Å². The van der Waals surface area contributed by atoms with E-state index in [1.54, 1.807) is 12.1 Å². The number of aryl methyl sites for hydroxylation is 4. The van der Waals surface area contributed by atoms with Crippen LogP contribution in [-0.4, -0.2) is 60.8 Å². The third kappa shape index (κ3) is 7.80. The van der Waals surface area contributed by atoms with Gasteiger partial charge in [0.2, 0.25) is 11.5 Å². The van der Waals surface area contributed by atoms with E-state index in [9.17, 15) is 19.8 Å². The molecule has 2 N–H and O–H groups in total. The van der Waals surface area contributed by atoms with E-state index in [0.717, 1.165) is 33.4 Å². The number of aliphatic hydroxyl groups is 2. The number of carbonyl (C=O) groups is 2. The molecule has 0 spiro atoms. The molecule has 2 heterocycles. The van der Waals surface area contributed by atoms with Gasteiger partial charge in [0, 0.05) is 0 Å². The molecule has 0 aliphatic carbocycles. The summed E-state index contributed by atoms with van der Waals surface area (Å²) in [5.74, 6) is 0.117. The lowest BCUT2D eigenvalue weighted by atomic mass is 9.96. The van der Waals surface area contributed by atoms with Crippen molar-refractivity contribution in [2.45, 2.75) is 39.9 Å². The van der Waals surface area contributed by atoms with Gasteiger partial charge in [-0.3, -0.25) is 0 Å². The Hall–Kier alpha value is -4.54. The Labute approximate surface area is 243 Å². The third-order valence-corrected chi connectivity index (χ3v) is 6.35. The summed E-state index contributed by atoms with van der Waals surface area (Å²) in [6.45, 7) is 7.14. The molecule has 0 bridgehead atoms. The Morgan fingerprint density at radius 3 is 1.31 bits per heavy atom. The number of hydrogen-bond acceptors (Lipinski definition) is 10. The number of esters is 2. The van der Waals surface area contributed by atoms with Crippen LogP contribution < -0.4 is 9.47 Å². The summed E-state index contributed by atoms with van der Waals surface area (Å²) in [6, 6.07) is 14.1. The minimum atomic E-state index is -1.01. The van der Waals surface area contributed by atoms with Crippen LogP contribution in [0.1, 0.15) is 43.4 Å². The normalized spacial score (nSPS) is 12.4. The lowest BCUT2D eigenvalue weighted by Gasteiger charge is -2.19. The van der Waals surface area contributed by atoms with Crippen molar-refractivity contribution in [3.05, 3.63) is 94.8 Å². The summed E-state index contributed by atoms with van der Waals surface area (Å²) >= 11 is 0. The lowest BCUT2D eigenvalue weighted by Crippen LogP contribution is -2.25. The van der Waals surface area contributed by atoms with Gasteiger partial charge < -0.3 is 38.0 Å². The SMILES string of the molecule is Cc1cc(-c2cc(C)c(OCC(O)COC(=O)c3ccco3)c(C)c2)cc(C)c1OCC(O)COC(=O)c1ccco1. The molecule has 0 aliphatic heterocycles. The predicted molar refractivity (Wildman–Crippen MR) is 152 cm³/mol. The minimum absolute atomic E-state index is 0.0510. The molecule has 2 unspecified atom stereocenters. The van der Waals surface area contributed by atoms with Crippen molar-refractivity contribution >= 4 is 11.9 Å². The highest BCUT2D eigenvalue weighted by Gasteiger charge is 2.17. The van der Waals surface area contributed by atoms with Gasteiger partial charge in [-0.1, -0.05) is 0 Å². The molecular weight excluding hydrogens is 544 g/mol. The number of furan rings is 2. The van der Waals surface area contributed by atoms with Crippen LogP contribution in [0.25, 0.3) is 11.1 Å². The standard InChI is InChI=1S/C32H34O10/c1-19-11-23(12-20(2)29(19)39-15-25(33)17-41-31(35)27-7-5-9-37-27)24-13-21(3)30(22(4)14-24)40-16-26(34)18-42-32(36)28-8-6-10-38-28/h5-14,25-26,33-34H,15-18H2,1-4H3. The Balaban J connectivity index is 1.33. The highest BCUT2D eigenvalue weighted by atomic mass is 16.6. The topological polar surface area (TPSA) is 138 Å². The van der Waals surface area contributed by atoms with Crippen LogP contribution in [0.3, 0.4) is 0 Å². The summed E-state index contributed by atoms with van der Waals surface area (Å²) in [4.78, 5) is 23.8. The maximum atomic E-state index is 11.9. The van der Waals surface area contributed by atoms with Gasteiger partial charge in [-0.2, -0.15) is 0 Å². The molecule has 2 atom stereocenters. The second-order valence-electron chi connectivity index (χ2n) is 9.96. The molecule has 0 saturated heterocycles. The van der Waals surface area contributed by atoms with Crippen LogP contribution in [0.5, 0.6) is 11.5 Å². The fourth-order valence-corrected chi connectivity index (χ4v) is 4.42. The van der Waals surface area contributed by atoms with Gasteiger partial charge in [-0.25, -0.2) is 9.59 Å². The predicted octanol–water partition coefficient (Wildman–Crippen LogP) is 4.97. The fraction of sp³-hybridized carbons (Fsp3) is 0.312. The summed E-state index contributed by atoms with van der Waals surface area (Å²) in [5, 5.41) is 20.5. The average Bonchev–Trinajstić information content (AvgIpc) is 3.69. The van der Waals surface area contributed by atoms with E-state index >= 15 is 0 Å². The van der Waals surface area contributed by atoms with Gasteiger partial charge in [0.1, 0.15) is 50.1 Å². The second-order valence-corrected chi connectivity index (χ2v) is 9.96. The monoisotopic (exact) mass is 578 g/mol. The zero-order valence-electron chi connectivity index (χ0n) is 23.9. The maximum absolute atomic E-state index is 11.9. The molecule has 0 amide bonds. The van der Waals surface area contributed by atoms with Crippen molar-refractivity contribution in [1.82, 2.24) is 0 Å². The number of rotatable bonds is 13. The van der Waals surface area contributed by atoms with Crippen LogP contribution in [0.4, 0.5) is 0 Å². The Bertz CT molecular complexity index is 1330. The zero-order valence-corrected chi connectivity index (χ0v) is 23.9. The molecule has 2 aromatic carbocycles. The first-order valence-electron chi connectivity index (χ1n) is 13.4. The molecule has 0 saturated carbocycles. The molecule has 222 valence electrons. The third-order valence-electron chi connectivity index (χ3n) is 6.35. The highest BCUT2D eigenvalue weighted by molar-refractivity contribution is 5.86. The molecule has 0 aliphatic rings. The number of hydrogen-bond donors (Lipinski definition) is 2. The van der Waals surface area contributed by atoms with Crippen LogP contribution in [-0.2, 0) is 9.47 Å². The van der Waals surface area contributed by atoms with Crippen LogP contribution in [0.15, 0.2) is 69.9 Å². The smallest absolute Gasteiger partial charge is 0.374 e. The van der Waals surface area contributed by atoms with E-state index in [2.05, 4.69) is 0 Å². The van der Waals surface area contributed by atoms with E-state index in [0.29, 0.717) is 11.5 Å². The van der Waals surface area contributed by atoms with Crippen LogP contribution >= 0.6 is 0 Å². The Morgan fingerprint density at radius 2 is 1.00 bits per heavy atom. The Kier molecular flexibility index (Phi) is 10.1. The van der Waals surface area contributed by atoms with Crippen LogP contribution in [0.2, 0.25) is 0 Å². The number of carbonyl (C=O) groups excluding carboxylic acids is 2. The van der Waals surface area contributed by atoms with E-state index < -0.39 is 24.1 Å². The molecule has 10 heteroatoms. The first-order valence-corrected chi connectivity index (χ1v) is 13.4. The highest BCUT2D eigenvalue weighted by Crippen LogP contribution is 2.34. The van der Waals surface area contributed by atoms with Crippen molar-refractivity contribution in [2.75, 3.05) is 26.4 Å². The van der Waals surface area contributed by atoms with E-state index in [4.69, 9.17) is 27.8 Å². The molecule has 0 fully saturated rings. The van der Waals surface area contributed by atoms with Crippen molar-refractivity contribution in [2.24, 2.45) is 0 Å². The summed E-state index contributed by atoms with van der Waals surface area (Å²) in [5.41, 5.74) is 5.49. The average molecular weight is 579 g/mol. The molecule has 2 aromatic heterocycles. The van der Waals surface area contributed by atoms with Crippen molar-refractivity contribution < 1.29 is 47.6 Å². The zero-order chi connectivity index (χ0) is 30.2.